The molecule has 2 N–H and O–H groups in total. The number of ether oxygens (including phenoxy) is 2. The van der Waals surface area contributed by atoms with Crippen molar-refractivity contribution in [1.82, 2.24) is 10.2 Å². The monoisotopic (exact) mass is 620 g/mol. The normalized spacial score (nSPS) is 13.9. The molecule has 4 aromatic carbocycles. The van der Waals surface area contributed by atoms with Gasteiger partial charge in [-0.2, -0.15) is 0 Å². The number of phenolic OH excluding ortho intramolecular Hbond substituents is 1. The Hall–Kier alpha value is -5.11. The third kappa shape index (κ3) is 7.40. The largest absolute Gasteiger partial charge is 0.508 e. The van der Waals surface area contributed by atoms with E-state index >= 15 is 0 Å². The maximum atomic E-state index is 13.9. The first-order valence-electron chi connectivity index (χ1n) is 15.6. The van der Waals surface area contributed by atoms with Crippen molar-refractivity contribution in [1.29, 1.82) is 0 Å². The summed E-state index contributed by atoms with van der Waals surface area (Å²) in [6, 6.07) is 30.0. The Kier molecular flexibility index (Phi) is 10.4. The number of nitrogens with one attached hydrogen (secondary N) is 1. The van der Waals surface area contributed by atoms with Crippen molar-refractivity contribution in [3.05, 3.63) is 125 Å². The van der Waals surface area contributed by atoms with Gasteiger partial charge in [-0.25, -0.2) is 9.59 Å². The van der Waals surface area contributed by atoms with Crippen LogP contribution in [0.15, 0.2) is 103 Å². The third-order valence-corrected chi connectivity index (χ3v) is 8.69. The van der Waals surface area contributed by atoms with E-state index in [4.69, 9.17) is 9.47 Å². The topological polar surface area (TPSA) is 105 Å². The van der Waals surface area contributed by atoms with Crippen LogP contribution in [0.4, 0.5) is 4.79 Å². The van der Waals surface area contributed by atoms with E-state index in [-0.39, 0.29) is 37.2 Å². The highest BCUT2D eigenvalue weighted by Gasteiger charge is 2.36. The summed E-state index contributed by atoms with van der Waals surface area (Å²) in [7, 11) is 1.55. The molecule has 0 aliphatic heterocycles. The SMILES string of the molecule is CC[C@H](C)[C@@H](C(=O)N[C@H](Cc1ccc(O)cc1)C(=O)OCc1ccccc1)N(C)C(=O)OCC1c2ccccc2-c2ccccc21. The maximum absolute atomic E-state index is 13.9. The molecule has 1 aliphatic rings. The lowest BCUT2D eigenvalue weighted by atomic mass is 9.96. The molecule has 0 radical (unpaired) electrons. The molecule has 8 heteroatoms. The van der Waals surface area contributed by atoms with Crippen molar-refractivity contribution >= 4 is 18.0 Å². The average Bonchev–Trinajstić information content (AvgIpc) is 3.40. The van der Waals surface area contributed by atoms with Crippen molar-refractivity contribution in [2.75, 3.05) is 13.7 Å². The van der Waals surface area contributed by atoms with Crippen LogP contribution in [-0.4, -0.2) is 53.7 Å². The molecule has 0 unspecified atom stereocenters. The number of hydrogen-bond acceptors (Lipinski definition) is 6. The molecule has 4 aromatic rings. The Morgan fingerprint density at radius 1 is 0.804 bits per heavy atom. The number of aromatic hydroxyl groups is 1. The summed E-state index contributed by atoms with van der Waals surface area (Å²) >= 11 is 0. The summed E-state index contributed by atoms with van der Waals surface area (Å²) in [4.78, 5) is 42.1. The van der Waals surface area contributed by atoms with Gasteiger partial charge >= 0.3 is 12.1 Å². The van der Waals surface area contributed by atoms with Gasteiger partial charge in [-0.05, 0) is 51.4 Å². The van der Waals surface area contributed by atoms with Crippen LogP contribution in [0, 0.1) is 5.92 Å². The number of phenols is 1. The number of likely N-dealkylation sites (N-methyl/N-ethyl adjacent to an activating group) is 1. The van der Waals surface area contributed by atoms with Crippen LogP contribution in [0.2, 0.25) is 0 Å². The van der Waals surface area contributed by atoms with Crippen LogP contribution in [0.5, 0.6) is 5.75 Å². The minimum Gasteiger partial charge on any atom is -0.508 e. The number of fused-ring (bicyclic) bond motifs is 3. The number of amides is 2. The van der Waals surface area contributed by atoms with Gasteiger partial charge in [-0.3, -0.25) is 9.69 Å². The van der Waals surface area contributed by atoms with Crippen molar-refractivity contribution < 1.29 is 29.0 Å². The van der Waals surface area contributed by atoms with Gasteiger partial charge < -0.3 is 19.9 Å². The zero-order valence-electron chi connectivity index (χ0n) is 26.4. The lowest BCUT2D eigenvalue weighted by Gasteiger charge is -2.32. The van der Waals surface area contributed by atoms with E-state index in [1.807, 2.05) is 68.4 Å². The Morgan fingerprint density at radius 3 is 2.00 bits per heavy atom. The highest BCUT2D eigenvalue weighted by atomic mass is 16.6. The lowest BCUT2D eigenvalue weighted by molar-refractivity contribution is -0.149. The van der Waals surface area contributed by atoms with E-state index in [9.17, 15) is 19.5 Å². The highest BCUT2D eigenvalue weighted by Crippen LogP contribution is 2.44. The van der Waals surface area contributed by atoms with Crippen LogP contribution in [0.3, 0.4) is 0 Å². The summed E-state index contributed by atoms with van der Waals surface area (Å²) in [6.07, 6.45) is 0.130. The Balaban J connectivity index is 1.30. The van der Waals surface area contributed by atoms with E-state index in [0.29, 0.717) is 6.42 Å². The molecule has 1 aliphatic carbocycles. The van der Waals surface area contributed by atoms with Gasteiger partial charge in [-0.15, -0.1) is 0 Å². The van der Waals surface area contributed by atoms with E-state index in [0.717, 1.165) is 33.4 Å². The van der Waals surface area contributed by atoms with E-state index in [1.54, 1.807) is 19.2 Å². The van der Waals surface area contributed by atoms with E-state index in [2.05, 4.69) is 29.6 Å². The van der Waals surface area contributed by atoms with Gasteiger partial charge in [0.25, 0.3) is 0 Å². The number of esters is 1. The molecule has 0 fully saturated rings. The van der Waals surface area contributed by atoms with E-state index in [1.165, 1.54) is 17.0 Å². The summed E-state index contributed by atoms with van der Waals surface area (Å²) < 4.78 is 11.5. The van der Waals surface area contributed by atoms with Crippen LogP contribution in [-0.2, 0) is 32.1 Å². The fourth-order valence-electron chi connectivity index (χ4n) is 6.00. The lowest BCUT2D eigenvalue weighted by Crippen LogP contribution is -2.55. The second-order valence-corrected chi connectivity index (χ2v) is 11.8. The number of benzene rings is 4. The fraction of sp³-hybridized carbons (Fsp3) is 0.289. The predicted octanol–water partition coefficient (Wildman–Crippen LogP) is 6.46. The number of carbonyl (C=O) groups excluding carboxylic acids is 3. The quantitative estimate of drug-likeness (QED) is 0.176. The van der Waals surface area contributed by atoms with Gasteiger partial charge in [0.05, 0.1) is 0 Å². The molecule has 0 heterocycles. The molecular weight excluding hydrogens is 580 g/mol. The highest BCUT2D eigenvalue weighted by molar-refractivity contribution is 5.90. The molecule has 0 spiro atoms. The molecule has 0 saturated heterocycles. The number of carbonyl (C=O) groups is 3. The number of nitrogens with zero attached hydrogens (tertiary/aromatic N) is 1. The molecule has 8 nitrogen and oxygen atoms in total. The minimum atomic E-state index is -1.02. The summed E-state index contributed by atoms with van der Waals surface area (Å²) in [5, 5.41) is 12.6. The molecule has 3 atom stereocenters. The van der Waals surface area contributed by atoms with Gasteiger partial charge in [0.1, 0.15) is 31.0 Å². The van der Waals surface area contributed by atoms with Crippen LogP contribution in [0.25, 0.3) is 11.1 Å². The summed E-state index contributed by atoms with van der Waals surface area (Å²) in [5.74, 6) is -1.34. The number of rotatable bonds is 12. The van der Waals surface area contributed by atoms with Crippen molar-refractivity contribution in [3.8, 4) is 16.9 Å². The van der Waals surface area contributed by atoms with Gasteiger partial charge in [0.2, 0.25) is 5.91 Å². The molecule has 0 bridgehead atoms. The first-order valence-corrected chi connectivity index (χ1v) is 15.6. The maximum Gasteiger partial charge on any atom is 0.410 e. The standard InChI is InChI=1S/C38H40N2O6/c1-4-25(2)35(40(3)38(44)46-24-33-31-16-10-8-14-29(31)30-15-9-11-17-32(30)33)36(42)39-34(22-26-18-20-28(41)21-19-26)37(43)45-23-27-12-6-5-7-13-27/h5-21,25,33-35,41H,4,22-24H2,1-3H3,(H,39,42)/t25-,34+,35-/m0/s1. The second-order valence-electron chi connectivity index (χ2n) is 11.8. The van der Waals surface area contributed by atoms with Crippen LogP contribution >= 0.6 is 0 Å². The van der Waals surface area contributed by atoms with Crippen molar-refractivity contribution in [3.63, 3.8) is 0 Å². The first-order chi connectivity index (χ1) is 22.3. The molecular formula is C38H40N2O6. The second kappa shape index (κ2) is 14.8. The zero-order chi connectivity index (χ0) is 32.6. The van der Waals surface area contributed by atoms with E-state index < -0.39 is 30.1 Å². The molecule has 0 aromatic heterocycles. The third-order valence-electron chi connectivity index (χ3n) is 8.69. The van der Waals surface area contributed by atoms with Crippen molar-refractivity contribution in [2.24, 2.45) is 5.92 Å². The van der Waals surface area contributed by atoms with Gasteiger partial charge in [0.15, 0.2) is 0 Å². The van der Waals surface area contributed by atoms with Crippen molar-refractivity contribution in [2.45, 2.75) is 51.3 Å². The summed E-state index contributed by atoms with van der Waals surface area (Å²) in [5.41, 5.74) is 6.00. The molecule has 2 amide bonds. The predicted molar refractivity (Wildman–Crippen MR) is 176 cm³/mol. The first kappa shape index (κ1) is 32.3. The minimum absolute atomic E-state index is 0.0517. The fourth-order valence-corrected chi connectivity index (χ4v) is 6.00. The Bertz CT molecular complexity index is 1610. The molecule has 0 saturated carbocycles. The molecule has 46 heavy (non-hydrogen) atoms. The van der Waals surface area contributed by atoms with Gasteiger partial charge in [0, 0.05) is 19.4 Å². The smallest absolute Gasteiger partial charge is 0.410 e. The van der Waals surface area contributed by atoms with Gasteiger partial charge in [-0.1, -0.05) is 111 Å². The van der Waals surface area contributed by atoms with Crippen LogP contribution in [0.1, 0.15) is 48.4 Å². The Morgan fingerprint density at radius 2 is 1.39 bits per heavy atom. The summed E-state index contributed by atoms with van der Waals surface area (Å²) in [6.45, 7) is 4.01. The van der Waals surface area contributed by atoms with Crippen LogP contribution < -0.4 is 5.32 Å². The number of hydrogen-bond donors (Lipinski definition) is 2. The molecule has 238 valence electrons. The Labute approximate surface area is 270 Å². The molecule has 5 rings (SSSR count). The zero-order valence-corrected chi connectivity index (χ0v) is 26.4. The average molecular weight is 621 g/mol.